The molecule has 0 spiro atoms. The number of halogens is 2. The number of likely N-dealkylation sites (tertiary alicyclic amines) is 1. The number of pyridine rings is 1. The molecule has 0 saturated carbocycles. The summed E-state index contributed by atoms with van der Waals surface area (Å²) in [6, 6.07) is 19.8. The van der Waals surface area contributed by atoms with Crippen LogP contribution in [-0.4, -0.2) is 38.0 Å². The minimum Gasteiger partial charge on any atom is -0.349 e. The number of rotatable bonds is 7. The van der Waals surface area contributed by atoms with Crippen LogP contribution in [0.4, 0.5) is 4.39 Å². The van der Waals surface area contributed by atoms with Crippen molar-refractivity contribution in [2.75, 3.05) is 6.54 Å². The summed E-state index contributed by atoms with van der Waals surface area (Å²) in [5.41, 5.74) is 2.78. The first-order valence-corrected chi connectivity index (χ1v) is 12.4. The van der Waals surface area contributed by atoms with Gasteiger partial charge in [0.25, 0.3) is 0 Å². The lowest BCUT2D eigenvalue weighted by Crippen LogP contribution is -2.42. The first-order valence-electron chi connectivity index (χ1n) is 11.1. The van der Waals surface area contributed by atoms with E-state index in [1.165, 1.54) is 12.1 Å². The van der Waals surface area contributed by atoms with E-state index in [4.69, 9.17) is 11.6 Å². The summed E-state index contributed by atoms with van der Waals surface area (Å²) < 4.78 is 15.3. The predicted molar refractivity (Wildman–Crippen MR) is 133 cm³/mol. The van der Waals surface area contributed by atoms with Crippen molar-refractivity contribution in [1.82, 2.24) is 19.6 Å². The lowest BCUT2D eigenvalue weighted by molar-refractivity contribution is -0.125. The van der Waals surface area contributed by atoms with E-state index in [0.717, 1.165) is 28.3 Å². The molecule has 8 heteroatoms. The van der Waals surface area contributed by atoms with Gasteiger partial charge in [0.05, 0.1) is 18.3 Å². The summed E-state index contributed by atoms with van der Waals surface area (Å²) in [4.78, 5) is 21.1. The van der Waals surface area contributed by atoms with E-state index in [0.29, 0.717) is 24.5 Å². The van der Waals surface area contributed by atoms with Crippen molar-refractivity contribution in [2.45, 2.75) is 35.7 Å². The van der Waals surface area contributed by atoms with Crippen LogP contribution >= 0.6 is 23.4 Å². The molecule has 34 heavy (non-hydrogen) atoms. The SMILES string of the molecule is O=C(NCc1cn2ccccc2n1)[C@@H]1C[C@@H](Sc2ccc(F)cc2)CN1Cc1ccc(Cl)cc1. The molecule has 1 amide bonds. The van der Waals surface area contributed by atoms with E-state index in [1.807, 2.05) is 59.3 Å². The first-order chi connectivity index (χ1) is 16.5. The van der Waals surface area contributed by atoms with Crippen molar-refractivity contribution in [3.05, 3.63) is 101 Å². The van der Waals surface area contributed by atoms with Crippen LogP contribution in [0, 0.1) is 5.82 Å². The van der Waals surface area contributed by atoms with Crippen LogP contribution < -0.4 is 5.32 Å². The van der Waals surface area contributed by atoms with Gasteiger partial charge in [-0.05, 0) is 60.5 Å². The van der Waals surface area contributed by atoms with E-state index in [-0.39, 0.29) is 23.0 Å². The molecule has 2 atom stereocenters. The molecular weight excluding hydrogens is 471 g/mol. The summed E-state index contributed by atoms with van der Waals surface area (Å²) in [5.74, 6) is -0.252. The Hall–Kier alpha value is -2.87. The number of benzene rings is 2. The fourth-order valence-electron chi connectivity index (χ4n) is 4.29. The van der Waals surface area contributed by atoms with Gasteiger partial charge in [-0.1, -0.05) is 29.8 Å². The van der Waals surface area contributed by atoms with Crippen LogP contribution in [0.1, 0.15) is 17.7 Å². The van der Waals surface area contributed by atoms with E-state index in [9.17, 15) is 9.18 Å². The number of fused-ring (bicyclic) bond motifs is 1. The highest BCUT2D eigenvalue weighted by Gasteiger charge is 2.37. The number of aromatic nitrogens is 2. The zero-order valence-corrected chi connectivity index (χ0v) is 20.0. The summed E-state index contributed by atoms with van der Waals surface area (Å²) >= 11 is 7.74. The molecule has 0 radical (unpaired) electrons. The molecule has 1 fully saturated rings. The maximum absolute atomic E-state index is 13.3. The molecule has 4 aromatic rings. The van der Waals surface area contributed by atoms with E-state index >= 15 is 0 Å². The topological polar surface area (TPSA) is 49.6 Å². The standard InChI is InChI=1S/C26H24ClFN4OS/c27-19-6-4-18(5-7-19)15-32-17-23(34-22-10-8-20(28)9-11-22)13-24(32)26(33)29-14-21-16-31-12-2-1-3-25(31)30-21/h1-12,16,23-24H,13-15,17H2,(H,29,33)/t23-,24+/m1/s1. The van der Waals surface area contributed by atoms with Gasteiger partial charge in [0.15, 0.2) is 0 Å². The predicted octanol–water partition coefficient (Wildman–Crippen LogP) is 5.18. The molecule has 1 aliphatic heterocycles. The second kappa shape index (κ2) is 10.2. The molecule has 0 bridgehead atoms. The van der Waals surface area contributed by atoms with Crippen LogP contribution in [0.15, 0.2) is 84.0 Å². The van der Waals surface area contributed by atoms with Crippen LogP contribution in [0.25, 0.3) is 5.65 Å². The van der Waals surface area contributed by atoms with Crippen molar-refractivity contribution in [3.8, 4) is 0 Å². The zero-order valence-electron chi connectivity index (χ0n) is 18.4. The number of hydrogen-bond acceptors (Lipinski definition) is 4. The van der Waals surface area contributed by atoms with Gasteiger partial charge in [-0.3, -0.25) is 9.69 Å². The molecule has 1 N–H and O–H groups in total. The molecule has 5 rings (SSSR count). The van der Waals surface area contributed by atoms with Gasteiger partial charge in [0.1, 0.15) is 11.5 Å². The number of nitrogens with zero attached hydrogens (tertiary/aromatic N) is 3. The maximum atomic E-state index is 13.3. The molecule has 5 nitrogen and oxygen atoms in total. The Bertz CT molecular complexity index is 1250. The third-order valence-corrected chi connectivity index (χ3v) is 7.41. The normalized spacial score (nSPS) is 18.4. The number of imidazole rings is 1. The Morgan fingerprint density at radius 1 is 1.12 bits per heavy atom. The Balaban J connectivity index is 1.28. The molecule has 1 aliphatic rings. The first kappa shape index (κ1) is 22.9. The number of carbonyl (C=O) groups is 1. The van der Waals surface area contributed by atoms with Gasteiger partial charge in [-0.15, -0.1) is 11.8 Å². The maximum Gasteiger partial charge on any atom is 0.237 e. The third-order valence-electron chi connectivity index (χ3n) is 5.94. The van der Waals surface area contributed by atoms with Crippen molar-refractivity contribution in [1.29, 1.82) is 0 Å². The second-order valence-electron chi connectivity index (χ2n) is 8.42. The highest BCUT2D eigenvalue weighted by molar-refractivity contribution is 8.00. The van der Waals surface area contributed by atoms with Gasteiger partial charge in [-0.2, -0.15) is 0 Å². The molecule has 3 heterocycles. The molecular formula is C26H24ClFN4OS. The Morgan fingerprint density at radius 3 is 2.68 bits per heavy atom. The third kappa shape index (κ3) is 5.43. The summed E-state index contributed by atoms with van der Waals surface area (Å²) in [7, 11) is 0. The molecule has 2 aromatic carbocycles. The van der Waals surface area contributed by atoms with Crippen LogP contribution in [0.3, 0.4) is 0 Å². The van der Waals surface area contributed by atoms with E-state index < -0.39 is 0 Å². The van der Waals surface area contributed by atoms with Gasteiger partial charge in [0, 0.05) is 40.7 Å². The quantitative estimate of drug-likeness (QED) is 0.384. The smallest absolute Gasteiger partial charge is 0.237 e. The number of thioether (sulfide) groups is 1. The molecule has 174 valence electrons. The van der Waals surface area contributed by atoms with Gasteiger partial charge < -0.3 is 9.72 Å². The highest BCUT2D eigenvalue weighted by atomic mass is 35.5. The van der Waals surface area contributed by atoms with E-state index in [2.05, 4.69) is 15.2 Å². The van der Waals surface area contributed by atoms with Crippen molar-refractivity contribution in [3.63, 3.8) is 0 Å². The van der Waals surface area contributed by atoms with Crippen molar-refractivity contribution in [2.24, 2.45) is 0 Å². The lowest BCUT2D eigenvalue weighted by atomic mass is 10.1. The van der Waals surface area contributed by atoms with Crippen LogP contribution in [0.5, 0.6) is 0 Å². The monoisotopic (exact) mass is 494 g/mol. The molecule has 0 unspecified atom stereocenters. The van der Waals surface area contributed by atoms with Crippen LogP contribution in [0.2, 0.25) is 5.02 Å². The van der Waals surface area contributed by atoms with Crippen molar-refractivity contribution >= 4 is 34.9 Å². The molecule has 0 aliphatic carbocycles. The Kier molecular flexibility index (Phi) is 6.85. The largest absolute Gasteiger partial charge is 0.349 e. The lowest BCUT2D eigenvalue weighted by Gasteiger charge is -2.23. The summed E-state index contributed by atoms with van der Waals surface area (Å²) in [6.45, 7) is 1.79. The number of carbonyl (C=O) groups excluding carboxylic acids is 1. The van der Waals surface area contributed by atoms with Gasteiger partial charge in [-0.25, -0.2) is 9.37 Å². The fraction of sp³-hybridized carbons (Fsp3) is 0.231. The minimum absolute atomic E-state index is 0.00627. The Labute approximate surface area is 206 Å². The summed E-state index contributed by atoms with van der Waals surface area (Å²) in [5, 5.41) is 4.00. The number of amides is 1. The average Bonchev–Trinajstić information content (AvgIpc) is 3.44. The van der Waals surface area contributed by atoms with Gasteiger partial charge >= 0.3 is 0 Å². The van der Waals surface area contributed by atoms with Gasteiger partial charge in [0.2, 0.25) is 5.91 Å². The summed E-state index contributed by atoms with van der Waals surface area (Å²) in [6.07, 6.45) is 4.59. The van der Waals surface area contributed by atoms with E-state index in [1.54, 1.807) is 23.9 Å². The highest BCUT2D eigenvalue weighted by Crippen LogP contribution is 2.34. The van der Waals surface area contributed by atoms with Crippen molar-refractivity contribution < 1.29 is 9.18 Å². The Morgan fingerprint density at radius 2 is 1.91 bits per heavy atom. The molecule has 2 aromatic heterocycles. The van der Waals surface area contributed by atoms with Crippen LogP contribution in [-0.2, 0) is 17.9 Å². The molecule has 1 saturated heterocycles. The average molecular weight is 495 g/mol. The number of hydrogen-bond donors (Lipinski definition) is 1. The minimum atomic E-state index is -0.259. The second-order valence-corrected chi connectivity index (χ2v) is 10.2. The fourth-order valence-corrected chi connectivity index (χ4v) is 5.64. The zero-order chi connectivity index (χ0) is 23.5. The number of nitrogens with one attached hydrogen (secondary N) is 1.